The predicted molar refractivity (Wildman–Crippen MR) is 162 cm³/mol. The van der Waals surface area contributed by atoms with Gasteiger partial charge in [0.2, 0.25) is 27.6 Å². The Morgan fingerprint density at radius 3 is 2.12 bits per heavy atom. The van der Waals surface area contributed by atoms with E-state index in [1.54, 1.807) is 29.6 Å². The molecule has 0 fully saturated rings. The molecule has 17 heteroatoms. The maximum absolute atomic E-state index is 13.0. The Morgan fingerprint density at radius 2 is 1.55 bits per heavy atom. The molecule has 0 bridgehead atoms. The number of nitrogens with zero attached hydrogens (tertiary/aromatic N) is 3. The van der Waals surface area contributed by atoms with Crippen molar-refractivity contribution in [1.29, 1.82) is 0 Å². The summed E-state index contributed by atoms with van der Waals surface area (Å²) >= 11 is 1.13. The standard InChI is InChI=1S/C25H38N10O5S2/c26-24(27)31-11-4-8-18(21(37)23-30-13-14-41-23)34-20(36)16-33-22(38)19(9-5-12-32-25(28)29)35-42(39,40)15-10-17-6-2-1-3-7-17/h1-3,6-7,13-14,18-19,35H,4-5,8-12,15-16H2,(H,33,38)(H,34,36)(H4,26,27,31)(H4,28,29,32)/t18-,19+/m0/s1. The highest BCUT2D eigenvalue weighted by Gasteiger charge is 2.26. The van der Waals surface area contributed by atoms with Crippen LogP contribution in [0.5, 0.6) is 0 Å². The number of thiazole rings is 1. The maximum Gasteiger partial charge on any atom is 0.239 e. The van der Waals surface area contributed by atoms with Gasteiger partial charge in [0.15, 0.2) is 16.9 Å². The number of sulfonamides is 1. The summed E-state index contributed by atoms with van der Waals surface area (Å²) in [4.78, 5) is 50.3. The summed E-state index contributed by atoms with van der Waals surface area (Å²) in [6, 6.07) is 6.94. The first-order valence-corrected chi connectivity index (χ1v) is 15.7. The van der Waals surface area contributed by atoms with Gasteiger partial charge < -0.3 is 33.6 Å². The molecule has 42 heavy (non-hydrogen) atoms. The SMILES string of the molecule is NC(N)=NCCC[C@H](NC(=O)CNC(=O)[C@@H](CCCN=C(N)N)NS(=O)(=O)CCc1ccccc1)C(=O)c1nccs1. The van der Waals surface area contributed by atoms with Gasteiger partial charge >= 0.3 is 0 Å². The van der Waals surface area contributed by atoms with Gasteiger partial charge in [0.05, 0.1) is 18.3 Å². The van der Waals surface area contributed by atoms with E-state index in [-0.39, 0.29) is 55.0 Å². The fourth-order valence-electron chi connectivity index (χ4n) is 3.72. The first kappa shape index (κ1) is 34.1. The number of benzene rings is 1. The number of Topliss-reactive ketones (excluding diaryl/α,β-unsaturated/α-hetero) is 1. The Balaban J connectivity index is 2.01. The van der Waals surface area contributed by atoms with Crippen LogP contribution in [0.25, 0.3) is 0 Å². The number of rotatable bonds is 19. The van der Waals surface area contributed by atoms with Gasteiger partial charge in [-0.2, -0.15) is 0 Å². The Hall–Kier alpha value is -4.09. The summed E-state index contributed by atoms with van der Waals surface area (Å²) in [6.45, 7) is -0.0637. The first-order chi connectivity index (χ1) is 20.0. The van der Waals surface area contributed by atoms with Crippen molar-refractivity contribution < 1.29 is 22.8 Å². The fourth-order valence-corrected chi connectivity index (χ4v) is 5.63. The molecular weight excluding hydrogens is 584 g/mol. The quantitative estimate of drug-likeness (QED) is 0.0415. The lowest BCUT2D eigenvalue weighted by atomic mass is 10.1. The number of ketones is 1. The summed E-state index contributed by atoms with van der Waals surface area (Å²) < 4.78 is 28.0. The number of nitrogens with one attached hydrogen (secondary N) is 3. The average Bonchev–Trinajstić information content (AvgIpc) is 3.49. The minimum atomic E-state index is -3.87. The van der Waals surface area contributed by atoms with Gasteiger partial charge in [-0.15, -0.1) is 11.3 Å². The van der Waals surface area contributed by atoms with Crippen LogP contribution < -0.4 is 38.3 Å². The van der Waals surface area contributed by atoms with Crippen LogP contribution in [-0.4, -0.2) is 80.4 Å². The van der Waals surface area contributed by atoms with Gasteiger partial charge in [-0.25, -0.2) is 18.1 Å². The number of carbonyl (C=O) groups is 3. The number of aryl methyl sites for hydroxylation is 1. The van der Waals surface area contributed by atoms with Crippen molar-refractivity contribution in [2.24, 2.45) is 32.9 Å². The molecular formula is C25H38N10O5S2. The van der Waals surface area contributed by atoms with Gasteiger partial charge in [-0.1, -0.05) is 30.3 Å². The van der Waals surface area contributed by atoms with E-state index in [0.29, 0.717) is 12.8 Å². The third kappa shape index (κ3) is 13.5. The van der Waals surface area contributed by atoms with Crippen LogP contribution in [0.3, 0.4) is 0 Å². The Kier molecular flexibility index (Phi) is 14.3. The van der Waals surface area contributed by atoms with Gasteiger partial charge in [0, 0.05) is 24.7 Å². The zero-order valence-electron chi connectivity index (χ0n) is 23.1. The molecule has 0 aliphatic rings. The zero-order chi connectivity index (χ0) is 31.0. The molecule has 0 unspecified atom stereocenters. The number of aliphatic imine (C=N–C) groups is 2. The molecule has 2 atom stereocenters. The van der Waals surface area contributed by atoms with Gasteiger partial charge in [0.1, 0.15) is 6.04 Å². The summed E-state index contributed by atoms with van der Waals surface area (Å²) in [6.07, 6.45) is 2.72. The van der Waals surface area contributed by atoms with Crippen LogP contribution in [0.2, 0.25) is 0 Å². The van der Waals surface area contributed by atoms with Crippen LogP contribution in [0, 0.1) is 0 Å². The van der Waals surface area contributed by atoms with Gasteiger partial charge in [-0.05, 0) is 37.7 Å². The van der Waals surface area contributed by atoms with Crippen molar-refractivity contribution in [1.82, 2.24) is 20.3 Å². The smallest absolute Gasteiger partial charge is 0.239 e. The Bertz CT molecular complexity index is 1310. The third-order valence-corrected chi connectivity index (χ3v) is 7.92. The molecule has 0 aliphatic carbocycles. The van der Waals surface area contributed by atoms with Crippen LogP contribution >= 0.6 is 11.3 Å². The maximum atomic E-state index is 13.0. The molecule has 11 N–H and O–H groups in total. The van der Waals surface area contributed by atoms with Gasteiger partial charge in [-0.3, -0.25) is 24.4 Å². The lowest BCUT2D eigenvalue weighted by Gasteiger charge is -2.20. The second-order valence-electron chi connectivity index (χ2n) is 9.16. The minimum absolute atomic E-state index is 0.0742. The van der Waals surface area contributed by atoms with Crippen LogP contribution in [0.4, 0.5) is 0 Å². The molecule has 1 heterocycles. The van der Waals surface area contributed by atoms with E-state index in [9.17, 15) is 22.8 Å². The number of nitrogens with two attached hydrogens (primary N) is 4. The monoisotopic (exact) mass is 622 g/mol. The number of aromatic nitrogens is 1. The second kappa shape index (κ2) is 17.7. The first-order valence-electron chi connectivity index (χ1n) is 13.1. The second-order valence-corrected chi connectivity index (χ2v) is 11.9. The van der Waals surface area contributed by atoms with Crippen molar-refractivity contribution in [3.63, 3.8) is 0 Å². The summed E-state index contributed by atoms with van der Waals surface area (Å²) in [7, 11) is -3.87. The highest BCUT2D eigenvalue weighted by Crippen LogP contribution is 2.11. The normalized spacial score (nSPS) is 12.5. The predicted octanol–water partition coefficient (Wildman–Crippen LogP) is -1.44. The van der Waals surface area contributed by atoms with Gasteiger partial charge in [0.25, 0.3) is 0 Å². The van der Waals surface area contributed by atoms with E-state index in [4.69, 9.17) is 22.9 Å². The van der Waals surface area contributed by atoms with Crippen molar-refractivity contribution >= 4 is 50.9 Å². The van der Waals surface area contributed by atoms with Crippen molar-refractivity contribution in [3.8, 4) is 0 Å². The molecule has 1 aromatic carbocycles. The summed E-state index contributed by atoms with van der Waals surface area (Å²) in [5.74, 6) is -2.21. The van der Waals surface area contributed by atoms with Crippen molar-refractivity contribution in [2.75, 3.05) is 25.4 Å². The lowest BCUT2D eigenvalue weighted by Crippen LogP contribution is -2.51. The van der Waals surface area contributed by atoms with E-state index >= 15 is 0 Å². The molecule has 0 aliphatic heterocycles. The van der Waals surface area contributed by atoms with Crippen LogP contribution in [0.1, 0.15) is 41.0 Å². The van der Waals surface area contributed by atoms with Crippen LogP contribution in [0.15, 0.2) is 51.9 Å². The third-order valence-electron chi connectivity index (χ3n) is 5.75. The molecule has 15 nitrogen and oxygen atoms in total. The van der Waals surface area contributed by atoms with E-state index in [0.717, 1.165) is 16.9 Å². The lowest BCUT2D eigenvalue weighted by molar-refractivity contribution is -0.127. The molecule has 0 saturated heterocycles. The number of amides is 2. The largest absolute Gasteiger partial charge is 0.370 e. The molecule has 2 aromatic rings. The van der Waals surface area contributed by atoms with E-state index in [1.165, 1.54) is 6.20 Å². The zero-order valence-corrected chi connectivity index (χ0v) is 24.7. The molecule has 1 aromatic heterocycles. The van der Waals surface area contributed by atoms with E-state index in [2.05, 4.69) is 30.3 Å². The highest BCUT2D eigenvalue weighted by atomic mass is 32.2. The molecule has 2 amide bonds. The van der Waals surface area contributed by atoms with Crippen LogP contribution in [-0.2, 0) is 26.0 Å². The molecule has 0 radical (unpaired) electrons. The molecule has 230 valence electrons. The number of carbonyl (C=O) groups excluding carboxylic acids is 3. The fraction of sp³-hybridized carbons (Fsp3) is 0.440. The van der Waals surface area contributed by atoms with Crippen molar-refractivity contribution in [2.45, 2.75) is 44.2 Å². The van der Waals surface area contributed by atoms with E-state index in [1.807, 2.05) is 6.07 Å². The molecule has 0 spiro atoms. The Morgan fingerprint density at radius 1 is 0.929 bits per heavy atom. The summed E-state index contributed by atoms with van der Waals surface area (Å²) in [5, 5.41) is 6.91. The Labute approximate surface area is 248 Å². The van der Waals surface area contributed by atoms with Crippen molar-refractivity contribution in [3.05, 3.63) is 52.5 Å². The molecule has 0 saturated carbocycles. The number of hydrogen-bond donors (Lipinski definition) is 7. The molecule has 2 rings (SSSR count). The average molecular weight is 623 g/mol. The minimum Gasteiger partial charge on any atom is -0.370 e. The highest BCUT2D eigenvalue weighted by molar-refractivity contribution is 7.89. The van der Waals surface area contributed by atoms with E-state index < -0.39 is 46.2 Å². The summed E-state index contributed by atoms with van der Waals surface area (Å²) in [5.41, 5.74) is 22.2. The number of hydrogen-bond acceptors (Lipinski definition) is 9. The topological polar surface area (TPSA) is 263 Å². The number of guanidine groups is 2.